The van der Waals surface area contributed by atoms with Gasteiger partial charge in [0.15, 0.2) is 0 Å². The van der Waals surface area contributed by atoms with E-state index in [9.17, 15) is 9.90 Å². The van der Waals surface area contributed by atoms with Gasteiger partial charge in [-0.1, -0.05) is 30.3 Å². The zero-order valence-corrected chi connectivity index (χ0v) is 13.0. The number of para-hydroxylation sites is 2. The van der Waals surface area contributed by atoms with Crippen molar-refractivity contribution in [3.05, 3.63) is 59.8 Å². The molecule has 0 fully saturated rings. The fourth-order valence-corrected chi connectivity index (χ4v) is 3.17. The molecule has 1 aliphatic rings. The standard InChI is InChI=1S/C19H15NO4/c1-23-14-8-4-2-6-11(14)16-13-10-24-15-9-5-3-7-12(15)17(13)20-18(16)19(21)22/h2-9,20H,10H2,1H3,(H,21,22). The first-order chi connectivity index (χ1) is 11.7. The van der Waals surface area contributed by atoms with Crippen LogP contribution in [0, 0.1) is 0 Å². The summed E-state index contributed by atoms with van der Waals surface area (Å²) in [5.74, 6) is 0.359. The number of benzene rings is 2. The van der Waals surface area contributed by atoms with Crippen LogP contribution in [0.2, 0.25) is 0 Å². The fourth-order valence-electron chi connectivity index (χ4n) is 3.17. The number of ether oxygens (including phenoxy) is 2. The van der Waals surface area contributed by atoms with Gasteiger partial charge in [0.1, 0.15) is 23.8 Å². The Morgan fingerprint density at radius 1 is 1.12 bits per heavy atom. The summed E-state index contributed by atoms with van der Waals surface area (Å²) >= 11 is 0. The number of aromatic nitrogens is 1. The van der Waals surface area contributed by atoms with E-state index in [1.165, 1.54) is 0 Å². The normalized spacial score (nSPS) is 12.0. The number of carbonyl (C=O) groups is 1. The fraction of sp³-hybridized carbons (Fsp3) is 0.105. The molecule has 5 heteroatoms. The van der Waals surface area contributed by atoms with Crippen molar-refractivity contribution in [1.82, 2.24) is 4.98 Å². The number of nitrogens with one attached hydrogen (secondary N) is 1. The summed E-state index contributed by atoms with van der Waals surface area (Å²) in [6.07, 6.45) is 0. The molecule has 0 amide bonds. The molecule has 1 aromatic heterocycles. The second-order valence-electron chi connectivity index (χ2n) is 5.52. The Hall–Kier alpha value is -3.21. The second kappa shape index (κ2) is 5.45. The van der Waals surface area contributed by atoms with Crippen LogP contribution in [0.1, 0.15) is 16.1 Å². The molecule has 0 unspecified atom stereocenters. The zero-order valence-electron chi connectivity index (χ0n) is 13.0. The highest BCUT2D eigenvalue weighted by Gasteiger charge is 2.29. The van der Waals surface area contributed by atoms with Crippen LogP contribution < -0.4 is 9.47 Å². The summed E-state index contributed by atoms with van der Waals surface area (Å²) < 4.78 is 11.2. The van der Waals surface area contributed by atoms with Crippen molar-refractivity contribution in [2.24, 2.45) is 0 Å². The Labute approximate surface area is 138 Å². The number of aromatic amines is 1. The van der Waals surface area contributed by atoms with Crippen LogP contribution in [0.3, 0.4) is 0 Å². The molecule has 120 valence electrons. The van der Waals surface area contributed by atoms with E-state index < -0.39 is 5.97 Å². The van der Waals surface area contributed by atoms with Gasteiger partial charge >= 0.3 is 5.97 Å². The maximum atomic E-state index is 11.8. The molecule has 0 spiro atoms. The van der Waals surface area contributed by atoms with Crippen LogP contribution in [-0.4, -0.2) is 23.2 Å². The lowest BCUT2D eigenvalue weighted by molar-refractivity contribution is 0.0692. The summed E-state index contributed by atoms with van der Waals surface area (Å²) in [6, 6.07) is 15.0. The monoisotopic (exact) mass is 321 g/mol. The Morgan fingerprint density at radius 2 is 1.83 bits per heavy atom. The van der Waals surface area contributed by atoms with Crippen molar-refractivity contribution in [2.45, 2.75) is 6.61 Å². The molecular formula is C19H15NO4. The highest BCUT2D eigenvalue weighted by atomic mass is 16.5. The minimum absolute atomic E-state index is 0.143. The third kappa shape index (κ3) is 2.06. The molecule has 0 bridgehead atoms. The summed E-state index contributed by atoms with van der Waals surface area (Å²) in [5.41, 5.74) is 3.97. The molecule has 0 atom stereocenters. The number of H-pyrrole nitrogens is 1. The Kier molecular flexibility index (Phi) is 3.27. The van der Waals surface area contributed by atoms with Gasteiger partial charge in [-0.2, -0.15) is 0 Å². The molecule has 0 radical (unpaired) electrons. The lowest BCUT2D eigenvalue weighted by Gasteiger charge is -2.19. The maximum absolute atomic E-state index is 11.8. The number of carboxylic acid groups (broad SMARTS) is 1. The van der Waals surface area contributed by atoms with Crippen molar-refractivity contribution in [1.29, 1.82) is 0 Å². The van der Waals surface area contributed by atoms with Gasteiger partial charge in [-0.05, 0) is 18.2 Å². The van der Waals surface area contributed by atoms with Gasteiger partial charge in [-0.25, -0.2) is 4.79 Å². The average Bonchev–Trinajstić information content (AvgIpc) is 3.01. The molecule has 5 nitrogen and oxygen atoms in total. The second-order valence-corrected chi connectivity index (χ2v) is 5.52. The molecule has 2 heterocycles. The highest BCUT2D eigenvalue weighted by Crippen LogP contribution is 2.44. The molecule has 0 saturated carbocycles. The number of carboxylic acids is 1. The summed E-state index contributed by atoms with van der Waals surface area (Å²) in [4.78, 5) is 14.9. The first-order valence-corrected chi connectivity index (χ1v) is 7.54. The number of methoxy groups -OCH3 is 1. The van der Waals surface area contributed by atoms with Crippen LogP contribution in [0.15, 0.2) is 48.5 Å². The SMILES string of the molecule is COc1ccccc1-c1c(C(=O)O)[nH]c2c1COc1ccccc1-2. The predicted molar refractivity (Wildman–Crippen MR) is 89.5 cm³/mol. The third-order valence-electron chi connectivity index (χ3n) is 4.22. The average molecular weight is 321 g/mol. The lowest BCUT2D eigenvalue weighted by atomic mass is 9.96. The molecule has 4 rings (SSSR count). The third-order valence-corrected chi connectivity index (χ3v) is 4.22. The summed E-state index contributed by atoms with van der Waals surface area (Å²) in [7, 11) is 1.57. The van der Waals surface area contributed by atoms with E-state index in [2.05, 4.69) is 4.98 Å². The minimum atomic E-state index is -1.01. The molecule has 1 aliphatic heterocycles. The van der Waals surface area contributed by atoms with Crippen molar-refractivity contribution >= 4 is 5.97 Å². The predicted octanol–water partition coefficient (Wildman–Crippen LogP) is 3.95. The number of fused-ring (bicyclic) bond motifs is 3. The summed E-state index contributed by atoms with van der Waals surface area (Å²) in [5, 5.41) is 9.67. The number of hydrogen-bond donors (Lipinski definition) is 2. The van der Waals surface area contributed by atoms with E-state index in [1.54, 1.807) is 7.11 Å². The molecule has 0 aliphatic carbocycles. The molecule has 2 aromatic carbocycles. The lowest BCUT2D eigenvalue weighted by Crippen LogP contribution is -2.05. The van der Waals surface area contributed by atoms with E-state index in [0.29, 0.717) is 17.9 Å². The van der Waals surface area contributed by atoms with E-state index in [-0.39, 0.29) is 5.69 Å². The van der Waals surface area contributed by atoms with Crippen molar-refractivity contribution in [3.8, 4) is 33.9 Å². The van der Waals surface area contributed by atoms with Gasteiger partial charge in [-0.15, -0.1) is 0 Å². The van der Waals surface area contributed by atoms with Crippen molar-refractivity contribution in [2.75, 3.05) is 7.11 Å². The largest absolute Gasteiger partial charge is 0.496 e. The van der Waals surface area contributed by atoms with E-state index >= 15 is 0 Å². The van der Waals surface area contributed by atoms with Gasteiger partial charge in [0.25, 0.3) is 0 Å². The number of rotatable bonds is 3. The van der Waals surface area contributed by atoms with E-state index in [4.69, 9.17) is 9.47 Å². The molecule has 2 N–H and O–H groups in total. The van der Waals surface area contributed by atoms with Crippen LogP contribution in [0.25, 0.3) is 22.4 Å². The number of hydrogen-bond acceptors (Lipinski definition) is 3. The smallest absolute Gasteiger partial charge is 0.352 e. The van der Waals surface area contributed by atoms with Crippen LogP contribution in [-0.2, 0) is 6.61 Å². The van der Waals surface area contributed by atoms with E-state index in [0.717, 1.165) is 28.1 Å². The van der Waals surface area contributed by atoms with Crippen molar-refractivity contribution < 1.29 is 19.4 Å². The Balaban J connectivity index is 2.03. The van der Waals surface area contributed by atoms with Gasteiger partial charge < -0.3 is 19.6 Å². The zero-order chi connectivity index (χ0) is 16.7. The maximum Gasteiger partial charge on any atom is 0.352 e. The molecule has 3 aromatic rings. The van der Waals surface area contributed by atoms with Gasteiger partial charge in [0.2, 0.25) is 0 Å². The minimum Gasteiger partial charge on any atom is -0.496 e. The van der Waals surface area contributed by atoms with Gasteiger partial charge in [0, 0.05) is 22.3 Å². The Bertz CT molecular complexity index is 942. The van der Waals surface area contributed by atoms with Crippen LogP contribution in [0.4, 0.5) is 0 Å². The topological polar surface area (TPSA) is 71.5 Å². The Morgan fingerprint density at radius 3 is 2.58 bits per heavy atom. The van der Waals surface area contributed by atoms with Crippen LogP contribution >= 0.6 is 0 Å². The molecule has 24 heavy (non-hydrogen) atoms. The van der Waals surface area contributed by atoms with E-state index in [1.807, 2.05) is 48.5 Å². The first kappa shape index (κ1) is 14.4. The highest BCUT2D eigenvalue weighted by molar-refractivity contribution is 5.99. The number of aromatic carboxylic acids is 1. The molecular weight excluding hydrogens is 306 g/mol. The first-order valence-electron chi connectivity index (χ1n) is 7.54. The summed E-state index contributed by atoms with van der Waals surface area (Å²) in [6.45, 7) is 0.309. The van der Waals surface area contributed by atoms with Crippen LogP contribution in [0.5, 0.6) is 11.5 Å². The molecule has 0 saturated heterocycles. The van der Waals surface area contributed by atoms with Crippen molar-refractivity contribution in [3.63, 3.8) is 0 Å². The quantitative estimate of drug-likeness (QED) is 0.766. The van der Waals surface area contributed by atoms with Gasteiger partial charge in [0.05, 0.1) is 12.8 Å². The van der Waals surface area contributed by atoms with Gasteiger partial charge in [-0.3, -0.25) is 0 Å².